The highest BCUT2D eigenvalue weighted by Gasteiger charge is 2.54. The van der Waals surface area contributed by atoms with Gasteiger partial charge in [0.05, 0.1) is 29.0 Å². The maximum absolute atomic E-state index is 14.9. The van der Waals surface area contributed by atoms with Crippen LogP contribution >= 0.6 is 11.6 Å². The van der Waals surface area contributed by atoms with Gasteiger partial charge in [-0.1, -0.05) is 62.7 Å². The molecule has 0 radical (unpaired) electrons. The summed E-state index contributed by atoms with van der Waals surface area (Å²) >= 11 is 6.46. The fourth-order valence-corrected chi connectivity index (χ4v) is 6.37. The molecule has 4 aromatic rings. The highest BCUT2D eigenvalue weighted by Crippen LogP contribution is 2.45. The van der Waals surface area contributed by atoms with Crippen molar-refractivity contribution < 1.29 is 31.6 Å². The second-order valence-corrected chi connectivity index (χ2v) is 14.2. The van der Waals surface area contributed by atoms with Gasteiger partial charge < -0.3 is 15.8 Å². The smallest absolute Gasteiger partial charge is 0.407 e. The van der Waals surface area contributed by atoms with Crippen LogP contribution in [0.2, 0.25) is 5.02 Å². The molecule has 1 unspecified atom stereocenters. The molecule has 1 aliphatic heterocycles. The summed E-state index contributed by atoms with van der Waals surface area (Å²) in [6.45, 7) is 4.18. The molecule has 2 amide bonds. The van der Waals surface area contributed by atoms with E-state index in [0.29, 0.717) is 16.7 Å². The number of hydrogen-bond acceptors (Lipinski definition) is 8. The molecule has 3 heterocycles. The van der Waals surface area contributed by atoms with Crippen molar-refractivity contribution in [1.29, 1.82) is 0 Å². The predicted octanol–water partition coefficient (Wildman–Crippen LogP) is 6.02. The molecule has 4 atom stereocenters. The van der Waals surface area contributed by atoms with Gasteiger partial charge in [-0.05, 0) is 47.6 Å². The first-order valence-electron chi connectivity index (χ1n) is 17.2. The Hall–Kier alpha value is -4.92. The Balaban J connectivity index is 1.39. The molecule has 0 saturated heterocycles. The van der Waals surface area contributed by atoms with Crippen LogP contribution in [-0.2, 0) is 22.0 Å². The number of aromatic nitrogens is 5. The molecule has 16 heteroatoms. The Morgan fingerprint density at radius 3 is 2.54 bits per heavy atom. The molecule has 0 bridgehead atoms. The molecule has 1 fully saturated rings. The number of nitrogens with two attached hydrogens (primary N) is 1. The van der Waals surface area contributed by atoms with Crippen molar-refractivity contribution in [3.63, 3.8) is 0 Å². The van der Waals surface area contributed by atoms with E-state index in [4.69, 9.17) is 31.2 Å². The third-order valence-corrected chi connectivity index (χ3v) is 9.01. The minimum atomic E-state index is -2.99. The number of alkyl halides is 3. The summed E-state index contributed by atoms with van der Waals surface area (Å²) in [7, 11) is 0. The third kappa shape index (κ3) is 6.78. The van der Waals surface area contributed by atoms with Crippen LogP contribution in [0.4, 0.5) is 18.0 Å². The summed E-state index contributed by atoms with van der Waals surface area (Å²) in [5, 5.41) is 10.4. The van der Waals surface area contributed by atoms with E-state index >= 15 is 0 Å². The van der Waals surface area contributed by atoms with Crippen LogP contribution in [-0.4, -0.2) is 65.7 Å². The van der Waals surface area contributed by atoms with E-state index in [-0.39, 0.29) is 35.1 Å². The minimum absolute atomic E-state index is 0.0121. The van der Waals surface area contributed by atoms with Crippen LogP contribution in [0.1, 0.15) is 74.1 Å². The van der Waals surface area contributed by atoms with Crippen molar-refractivity contribution in [2.75, 3.05) is 6.61 Å². The SMILES string of the molecule is [2H]C([2H])([2H])n1cc(-c2ccc([C@@]3(CC(C)(C)C)N=C(N)N([C@H](COC(=O)N[C@H]4CC4(C)F)c4ccc(Cl)c(-n5ncnc5C(F)F)c4)C3=O)cc2)cn1. The topological polar surface area (TPSA) is 146 Å². The molecule has 1 aliphatic carbocycles. The van der Waals surface area contributed by atoms with E-state index in [1.165, 1.54) is 42.4 Å². The Morgan fingerprint density at radius 1 is 1.20 bits per heavy atom. The Labute approximate surface area is 295 Å². The van der Waals surface area contributed by atoms with Crippen LogP contribution in [0, 0.1) is 5.41 Å². The van der Waals surface area contributed by atoms with Crippen molar-refractivity contribution >= 4 is 29.6 Å². The zero-order chi connectivity index (χ0) is 38.7. The maximum atomic E-state index is 14.9. The van der Waals surface area contributed by atoms with Crippen molar-refractivity contribution in [1.82, 2.24) is 34.8 Å². The van der Waals surface area contributed by atoms with Crippen LogP contribution in [0.25, 0.3) is 16.8 Å². The number of aryl methyl sites for hydroxylation is 1. The fraction of sp³-hybridized carbons (Fsp3) is 0.412. The molecule has 264 valence electrons. The lowest BCUT2D eigenvalue weighted by molar-refractivity contribution is -0.135. The van der Waals surface area contributed by atoms with E-state index in [1.807, 2.05) is 20.8 Å². The van der Waals surface area contributed by atoms with Gasteiger partial charge in [-0.2, -0.15) is 10.2 Å². The normalized spacial score (nSPS) is 23.7. The first kappa shape index (κ1) is 31.1. The molecule has 2 aromatic carbocycles. The number of rotatable bonds is 10. The summed E-state index contributed by atoms with van der Waals surface area (Å²) < 4.78 is 72.1. The van der Waals surface area contributed by atoms with Crippen molar-refractivity contribution in [2.24, 2.45) is 23.1 Å². The van der Waals surface area contributed by atoms with Gasteiger partial charge in [-0.25, -0.2) is 32.6 Å². The minimum Gasteiger partial charge on any atom is -0.447 e. The molecular weight excluding hydrogens is 675 g/mol. The number of guanidine groups is 1. The number of carbonyl (C=O) groups is 2. The number of alkyl carbamates (subject to hydrolysis) is 1. The number of hydrogen-bond donors (Lipinski definition) is 2. The summed E-state index contributed by atoms with van der Waals surface area (Å²) in [4.78, 5) is 37.4. The molecule has 3 N–H and O–H groups in total. The van der Waals surface area contributed by atoms with E-state index in [0.717, 1.165) is 15.7 Å². The predicted molar refractivity (Wildman–Crippen MR) is 179 cm³/mol. The first-order valence-corrected chi connectivity index (χ1v) is 16.0. The quantitative estimate of drug-likeness (QED) is 0.205. The Morgan fingerprint density at radius 2 is 1.92 bits per heavy atom. The number of nitrogens with one attached hydrogen (secondary N) is 1. The number of aliphatic imine (C=N–C) groups is 1. The van der Waals surface area contributed by atoms with E-state index in [2.05, 4.69) is 20.5 Å². The summed E-state index contributed by atoms with van der Waals surface area (Å²) in [6.07, 6.45) is 0.129. The molecule has 50 heavy (non-hydrogen) atoms. The lowest BCUT2D eigenvalue weighted by Crippen LogP contribution is -2.47. The maximum Gasteiger partial charge on any atom is 0.407 e. The summed E-state index contributed by atoms with van der Waals surface area (Å²) in [5.41, 5.74) is 4.89. The zero-order valence-corrected chi connectivity index (χ0v) is 28.3. The van der Waals surface area contributed by atoms with Gasteiger partial charge in [0.15, 0.2) is 17.3 Å². The number of carbonyl (C=O) groups excluding carboxylic acids is 2. The molecular formula is C34H37ClF3N9O3. The lowest BCUT2D eigenvalue weighted by atomic mass is 9.75. The standard InChI is InChI=1S/C34H37ClF3N9O3/c1-32(2,3)17-34(22-9-6-19(7-10-22)21-14-41-45(5)15-21)29(48)46(30(39)44-34)25(16-50-31(49)43-26-13-33(26,4)38)20-8-11-23(35)24(12-20)47-28(27(36)37)40-18-42-47/h6-12,14-15,18,25-27H,13,16-17H2,1-5H3,(H2,39,44)(H,43,49)/t25-,26+,33?,34-/m1/s1/i5D3. The average molecular weight is 715 g/mol. The molecule has 2 aromatic heterocycles. The second kappa shape index (κ2) is 12.8. The highest BCUT2D eigenvalue weighted by atomic mass is 35.5. The fourth-order valence-electron chi connectivity index (χ4n) is 6.17. The van der Waals surface area contributed by atoms with Gasteiger partial charge in [-0.15, -0.1) is 0 Å². The number of amides is 2. The largest absolute Gasteiger partial charge is 0.447 e. The van der Waals surface area contributed by atoms with E-state index in [9.17, 15) is 22.8 Å². The van der Waals surface area contributed by atoms with E-state index < -0.39 is 66.5 Å². The second-order valence-electron chi connectivity index (χ2n) is 13.8. The monoisotopic (exact) mass is 714 g/mol. The van der Waals surface area contributed by atoms with Gasteiger partial charge >= 0.3 is 6.09 Å². The van der Waals surface area contributed by atoms with Gasteiger partial charge in [0.1, 0.15) is 18.6 Å². The molecule has 2 aliphatic rings. The number of nitrogens with zero attached hydrogens (tertiary/aromatic N) is 7. The molecule has 1 saturated carbocycles. The summed E-state index contributed by atoms with van der Waals surface area (Å²) in [5.74, 6) is -1.45. The Bertz CT molecular complexity index is 2060. The van der Waals surface area contributed by atoms with Gasteiger partial charge in [0, 0.05) is 29.3 Å². The third-order valence-electron chi connectivity index (χ3n) is 8.69. The molecule has 12 nitrogen and oxygen atoms in total. The average Bonchev–Trinajstić information content (AvgIpc) is 3.53. The Kier molecular flexibility index (Phi) is 7.93. The van der Waals surface area contributed by atoms with Gasteiger partial charge in [0.25, 0.3) is 12.3 Å². The van der Waals surface area contributed by atoms with Crippen LogP contribution in [0.5, 0.6) is 0 Å². The van der Waals surface area contributed by atoms with Crippen molar-refractivity contribution in [3.05, 3.63) is 83.2 Å². The lowest BCUT2D eigenvalue weighted by Gasteiger charge is -2.35. The number of halogens is 4. The molecule has 0 spiro atoms. The van der Waals surface area contributed by atoms with Crippen LogP contribution < -0.4 is 11.1 Å². The molecule has 6 rings (SSSR count). The van der Waals surface area contributed by atoms with Crippen molar-refractivity contribution in [3.8, 4) is 16.8 Å². The zero-order valence-electron chi connectivity index (χ0n) is 30.6. The number of benzene rings is 2. The first-order chi connectivity index (χ1) is 24.7. The number of ether oxygens (including phenoxy) is 1. The van der Waals surface area contributed by atoms with E-state index in [1.54, 1.807) is 24.3 Å². The van der Waals surface area contributed by atoms with Crippen molar-refractivity contribution in [2.45, 2.75) is 70.3 Å². The van der Waals surface area contributed by atoms with Gasteiger partial charge in [0.2, 0.25) is 0 Å². The summed E-state index contributed by atoms with van der Waals surface area (Å²) in [6, 6.07) is 9.26. The van der Waals surface area contributed by atoms with Gasteiger partial charge in [-0.3, -0.25) is 14.4 Å². The van der Waals surface area contributed by atoms with Crippen LogP contribution in [0.3, 0.4) is 0 Å². The highest BCUT2D eigenvalue weighted by molar-refractivity contribution is 6.32. The van der Waals surface area contributed by atoms with Crippen LogP contribution in [0.15, 0.2) is 66.2 Å².